The number of hydrogen-bond donors (Lipinski definition) is 0. The highest BCUT2D eigenvalue weighted by atomic mass is 19.1. The van der Waals surface area contributed by atoms with Crippen molar-refractivity contribution in [2.45, 2.75) is 82.7 Å². The van der Waals surface area contributed by atoms with Gasteiger partial charge in [0, 0.05) is 23.4 Å². The van der Waals surface area contributed by atoms with E-state index in [1.807, 2.05) is 12.1 Å². The SMILES string of the molecule is COc1cnc(F)c(C2CCC(CCc3cc([C@H](C4CC4)C(C)(F)C(C)=O)ccn3)CC2)c1. The summed E-state index contributed by atoms with van der Waals surface area (Å²) in [6.45, 7) is 2.78. The molecule has 0 bridgehead atoms. The summed E-state index contributed by atoms with van der Waals surface area (Å²) in [7, 11) is 1.57. The average Bonchev–Trinajstić information content (AvgIpc) is 3.63. The van der Waals surface area contributed by atoms with Gasteiger partial charge in [0.2, 0.25) is 5.95 Å². The van der Waals surface area contributed by atoms with E-state index in [1.54, 1.807) is 19.4 Å². The molecule has 0 radical (unpaired) electrons. The summed E-state index contributed by atoms with van der Waals surface area (Å²) in [5.74, 6) is 0.389. The number of nitrogens with zero attached hydrogens (tertiary/aromatic N) is 2. The van der Waals surface area contributed by atoms with Crippen LogP contribution in [0.2, 0.25) is 0 Å². The Morgan fingerprint density at radius 2 is 1.91 bits per heavy atom. The Balaban J connectivity index is 1.36. The van der Waals surface area contributed by atoms with E-state index in [0.717, 1.165) is 62.6 Å². The minimum atomic E-state index is -1.84. The van der Waals surface area contributed by atoms with Gasteiger partial charge in [0.1, 0.15) is 5.75 Å². The highest BCUT2D eigenvalue weighted by molar-refractivity contribution is 5.85. The molecule has 2 aromatic rings. The van der Waals surface area contributed by atoms with Crippen LogP contribution >= 0.6 is 0 Å². The number of hydrogen-bond acceptors (Lipinski definition) is 4. The van der Waals surface area contributed by atoms with Gasteiger partial charge in [0.15, 0.2) is 11.5 Å². The van der Waals surface area contributed by atoms with Crippen LogP contribution in [0.25, 0.3) is 0 Å². The zero-order chi connectivity index (χ0) is 23.6. The zero-order valence-corrected chi connectivity index (χ0v) is 19.8. The van der Waals surface area contributed by atoms with Crippen LogP contribution in [-0.2, 0) is 11.2 Å². The van der Waals surface area contributed by atoms with Crippen molar-refractivity contribution in [1.82, 2.24) is 9.97 Å². The van der Waals surface area contributed by atoms with Crippen molar-refractivity contribution in [3.05, 3.63) is 53.4 Å². The fourth-order valence-electron chi connectivity index (χ4n) is 5.46. The largest absolute Gasteiger partial charge is 0.495 e. The molecular weight excluding hydrogens is 422 g/mol. The van der Waals surface area contributed by atoms with Gasteiger partial charge in [-0.15, -0.1) is 0 Å². The molecule has 33 heavy (non-hydrogen) atoms. The number of carbonyl (C=O) groups excluding carboxylic acids is 1. The Labute approximate surface area is 195 Å². The molecule has 2 heterocycles. The van der Waals surface area contributed by atoms with Gasteiger partial charge in [0.05, 0.1) is 13.3 Å². The lowest BCUT2D eigenvalue weighted by atomic mass is 9.77. The minimum Gasteiger partial charge on any atom is -0.495 e. The number of Topliss-reactive ketones (excluding diaryl/α,β-unsaturated/α-hetero) is 1. The average molecular weight is 457 g/mol. The third-order valence-corrected chi connectivity index (χ3v) is 7.74. The summed E-state index contributed by atoms with van der Waals surface area (Å²) in [5, 5.41) is 0. The number of ketones is 1. The summed E-state index contributed by atoms with van der Waals surface area (Å²) < 4.78 is 34.7. The molecule has 0 spiro atoms. The molecule has 2 aliphatic rings. The van der Waals surface area contributed by atoms with Gasteiger partial charge < -0.3 is 4.74 Å². The van der Waals surface area contributed by atoms with Crippen molar-refractivity contribution in [2.24, 2.45) is 11.8 Å². The first-order valence-corrected chi connectivity index (χ1v) is 12.1. The predicted octanol–water partition coefficient (Wildman–Crippen LogP) is 6.34. The third kappa shape index (κ3) is 5.42. The second kappa shape index (κ2) is 9.86. The van der Waals surface area contributed by atoms with Crippen LogP contribution in [0.4, 0.5) is 8.78 Å². The molecule has 4 nitrogen and oxygen atoms in total. The van der Waals surface area contributed by atoms with Crippen LogP contribution in [0.15, 0.2) is 30.6 Å². The first-order chi connectivity index (χ1) is 15.8. The van der Waals surface area contributed by atoms with Gasteiger partial charge in [0.25, 0.3) is 0 Å². The van der Waals surface area contributed by atoms with E-state index in [1.165, 1.54) is 20.0 Å². The zero-order valence-electron chi connectivity index (χ0n) is 19.8. The maximum atomic E-state index is 15.3. The van der Waals surface area contributed by atoms with Crippen molar-refractivity contribution in [3.63, 3.8) is 0 Å². The highest BCUT2D eigenvalue weighted by Gasteiger charge is 2.48. The molecule has 2 saturated carbocycles. The van der Waals surface area contributed by atoms with Gasteiger partial charge in [-0.25, -0.2) is 9.37 Å². The maximum absolute atomic E-state index is 15.3. The van der Waals surface area contributed by atoms with E-state index in [2.05, 4.69) is 9.97 Å². The van der Waals surface area contributed by atoms with E-state index in [0.29, 0.717) is 17.2 Å². The summed E-state index contributed by atoms with van der Waals surface area (Å²) in [6.07, 6.45) is 10.9. The number of halogens is 2. The van der Waals surface area contributed by atoms with E-state index in [-0.39, 0.29) is 11.8 Å². The van der Waals surface area contributed by atoms with Crippen LogP contribution in [0, 0.1) is 17.8 Å². The fourth-order valence-corrected chi connectivity index (χ4v) is 5.46. The lowest BCUT2D eigenvalue weighted by Crippen LogP contribution is -2.36. The van der Waals surface area contributed by atoms with Gasteiger partial charge in [-0.1, -0.05) is 0 Å². The summed E-state index contributed by atoms with van der Waals surface area (Å²) >= 11 is 0. The predicted molar refractivity (Wildman–Crippen MR) is 124 cm³/mol. The molecule has 0 amide bonds. The Kier molecular flexibility index (Phi) is 7.10. The molecule has 6 heteroatoms. The van der Waals surface area contributed by atoms with Crippen LogP contribution in [0.3, 0.4) is 0 Å². The van der Waals surface area contributed by atoms with Crippen molar-refractivity contribution in [1.29, 1.82) is 0 Å². The molecule has 2 atom stereocenters. The monoisotopic (exact) mass is 456 g/mol. The van der Waals surface area contributed by atoms with Gasteiger partial charge in [-0.2, -0.15) is 4.39 Å². The molecule has 0 N–H and O–H groups in total. The number of pyridine rings is 2. The topological polar surface area (TPSA) is 52.1 Å². The molecule has 2 fully saturated rings. The number of rotatable bonds is 9. The first-order valence-electron chi connectivity index (χ1n) is 12.1. The van der Waals surface area contributed by atoms with Crippen molar-refractivity contribution < 1.29 is 18.3 Å². The lowest BCUT2D eigenvalue weighted by molar-refractivity contribution is -0.129. The Bertz CT molecular complexity index is 982. The molecular formula is C27H34F2N2O2. The van der Waals surface area contributed by atoms with E-state index in [4.69, 9.17) is 4.74 Å². The van der Waals surface area contributed by atoms with E-state index < -0.39 is 23.3 Å². The number of carbonyl (C=O) groups is 1. The maximum Gasteiger partial charge on any atom is 0.216 e. The summed E-state index contributed by atoms with van der Waals surface area (Å²) in [4.78, 5) is 20.4. The smallest absolute Gasteiger partial charge is 0.216 e. The minimum absolute atomic E-state index is 0.179. The molecule has 2 aromatic heterocycles. The number of aryl methyl sites for hydroxylation is 1. The van der Waals surface area contributed by atoms with Crippen molar-refractivity contribution in [3.8, 4) is 5.75 Å². The quantitative estimate of drug-likeness (QED) is 0.413. The highest BCUT2D eigenvalue weighted by Crippen LogP contribution is 2.50. The number of aromatic nitrogens is 2. The van der Waals surface area contributed by atoms with Crippen LogP contribution < -0.4 is 4.74 Å². The van der Waals surface area contributed by atoms with Crippen molar-refractivity contribution in [2.75, 3.05) is 7.11 Å². The molecule has 1 unspecified atom stereocenters. The molecule has 178 valence electrons. The Morgan fingerprint density at radius 3 is 2.55 bits per heavy atom. The van der Waals surface area contributed by atoms with Crippen LogP contribution in [-0.4, -0.2) is 28.5 Å². The number of alkyl halides is 1. The van der Waals surface area contributed by atoms with Gasteiger partial charge >= 0.3 is 0 Å². The van der Waals surface area contributed by atoms with E-state index in [9.17, 15) is 9.18 Å². The molecule has 0 aliphatic heterocycles. The summed E-state index contributed by atoms with van der Waals surface area (Å²) in [6, 6.07) is 5.65. The second-order valence-electron chi connectivity index (χ2n) is 10.0. The molecule has 2 aliphatic carbocycles. The van der Waals surface area contributed by atoms with Crippen molar-refractivity contribution >= 4 is 5.78 Å². The van der Waals surface area contributed by atoms with Gasteiger partial charge in [-0.3, -0.25) is 9.78 Å². The lowest BCUT2D eigenvalue weighted by Gasteiger charge is -2.30. The second-order valence-corrected chi connectivity index (χ2v) is 10.0. The molecule has 0 saturated heterocycles. The van der Waals surface area contributed by atoms with Gasteiger partial charge in [-0.05, 0) is 107 Å². The third-order valence-electron chi connectivity index (χ3n) is 7.74. The molecule has 4 rings (SSSR count). The Morgan fingerprint density at radius 1 is 1.18 bits per heavy atom. The molecule has 0 aromatic carbocycles. The van der Waals surface area contributed by atoms with Crippen LogP contribution in [0.5, 0.6) is 5.75 Å². The Hall–Kier alpha value is -2.37. The van der Waals surface area contributed by atoms with E-state index >= 15 is 4.39 Å². The number of ether oxygens (including phenoxy) is 1. The summed E-state index contributed by atoms with van der Waals surface area (Å²) in [5.41, 5.74) is 0.672. The normalized spacial score (nSPS) is 23.5. The standard InChI is InChI=1S/C27H34F2N2O2/c1-17(32)27(2,29)25(20-9-10-20)21-12-13-30-22(14-21)11-6-18-4-7-19(8-5-18)24-15-23(33-3)16-31-26(24)28/h12-16,18-20,25H,4-11H2,1-3H3/t18?,19?,25-,27?/m0/s1. The first kappa shape index (κ1) is 23.8. The van der Waals surface area contributed by atoms with Crippen LogP contribution in [0.1, 0.15) is 87.4 Å². The fraction of sp³-hybridized carbons (Fsp3) is 0.593. The number of methoxy groups -OCH3 is 1.